The topological polar surface area (TPSA) is 139 Å². The molecule has 0 amide bonds. The minimum Gasteiger partial charge on any atom is -0.396 e. The van der Waals surface area contributed by atoms with Crippen LogP contribution in [0.2, 0.25) is 0 Å². The molecule has 1 atom stereocenters. The second-order valence-electron chi connectivity index (χ2n) is 4.18. The van der Waals surface area contributed by atoms with Crippen molar-refractivity contribution in [2.75, 3.05) is 23.9 Å². The van der Waals surface area contributed by atoms with Crippen LogP contribution in [0.5, 0.6) is 0 Å². The number of aliphatic hydroxyl groups excluding tert-OH is 1. The average molecular weight is 270 g/mol. The Morgan fingerprint density at radius 1 is 1.53 bits per heavy atom. The third-order valence-corrected chi connectivity index (χ3v) is 2.62. The molecule has 1 aromatic heterocycles. The van der Waals surface area contributed by atoms with Gasteiger partial charge in [0.1, 0.15) is 6.33 Å². The van der Waals surface area contributed by atoms with Crippen LogP contribution in [0, 0.1) is 16.0 Å². The molecule has 0 aliphatic rings. The zero-order chi connectivity index (χ0) is 14.3. The number of nitrogens with two attached hydrogens (primary N) is 1. The number of hydrazine groups is 1. The monoisotopic (exact) mass is 270 g/mol. The Kier molecular flexibility index (Phi) is 5.90. The lowest BCUT2D eigenvalue weighted by molar-refractivity contribution is -0.383. The highest BCUT2D eigenvalue weighted by Crippen LogP contribution is 2.27. The number of nitrogen functional groups attached to an aromatic ring is 1. The van der Waals surface area contributed by atoms with Gasteiger partial charge in [-0.1, -0.05) is 6.92 Å². The van der Waals surface area contributed by atoms with Gasteiger partial charge < -0.3 is 15.8 Å². The van der Waals surface area contributed by atoms with Gasteiger partial charge in [0.2, 0.25) is 11.6 Å². The van der Waals surface area contributed by atoms with Gasteiger partial charge in [0.05, 0.1) is 4.92 Å². The molecule has 1 aromatic rings. The van der Waals surface area contributed by atoms with Gasteiger partial charge in [-0.25, -0.2) is 15.8 Å². The van der Waals surface area contributed by atoms with Gasteiger partial charge in [-0.2, -0.15) is 0 Å². The van der Waals surface area contributed by atoms with Crippen LogP contribution in [-0.4, -0.2) is 33.1 Å². The van der Waals surface area contributed by atoms with Crippen molar-refractivity contribution in [2.24, 2.45) is 11.8 Å². The summed E-state index contributed by atoms with van der Waals surface area (Å²) in [6, 6.07) is 0. The number of hydrogen-bond donors (Lipinski definition) is 4. The molecule has 0 saturated carbocycles. The van der Waals surface area contributed by atoms with Crippen molar-refractivity contribution >= 4 is 17.3 Å². The van der Waals surface area contributed by atoms with Crippen LogP contribution in [0.4, 0.5) is 17.3 Å². The maximum Gasteiger partial charge on any atom is 0.354 e. The molecule has 0 saturated heterocycles. The van der Waals surface area contributed by atoms with Crippen LogP contribution in [0.3, 0.4) is 0 Å². The van der Waals surface area contributed by atoms with E-state index in [9.17, 15) is 10.1 Å². The Hall–Kier alpha value is -2.00. The first-order valence-electron chi connectivity index (χ1n) is 5.90. The van der Waals surface area contributed by atoms with Crippen molar-refractivity contribution in [1.29, 1.82) is 0 Å². The molecule has 1 unspecified atom stereocenters. The van der Waals surface area contributed by atoms with Crippen molar-refractivity contribution in [3.05, 3.63) is 16.4 Å². The second-order valence-corrected chi connectivity index (χ2v) is 4.18. The van der Waals surface area contributed by atoms with Gasteiger partial charge >= 0.3 is 5.69 Å². The summed E-state index contributed by atoms with van der Waals surface area (Å²) in [6.07, 6.45) is 2.79. The van der Waals surface area contributed by atoms with Crippen LogP contribution in [-0.2, 0) is 0 Å². The molecule has 106 valence electrons. The number of nitrogens with zero attached hydrogens (tertiary/aromatic N) is 3. The summed E-state index contributed by atoms with van der Waals surface area (Å²) in [6.45, 7) is 2.59. The summed E-state index contributed by atoms with van der Waals surface area (Å²) in [5.74, 6) is 5.47. The standard InChI is InChI=1S/C10H18N6O3/c1-7(5-17)3-2-4-12-9-8(16(18)19)10(15-11)14-6-13-9/h6-7,17H,2-5,11H2,1H3,(H2,12,13,14,15). The fraction of sp³-hybridized carbons (Fsp3) is 0.600. The number of rotatable bonds is 8. The Bertz CT molecular complexity index is 428. The molecule has 9 heteroatoms. The van der Waals surface area contributed by atoms with Crippen molar-refractivity contribution in [3.8, 4) is 0 Å². The van der Waals surface area contributed by atoms with Gasteiger partial charge in [0, 0.05) is 13.2 Å². The van der Waals surface area contributed by atoms with Crippen molar-refractivity contribution in [3.63, 3.8) is 0 Å². The first-order chi connectivity index (χ1) is 9.10. The summed E-state index contributed by atoms with van der Waals surface area (Å²) in [5, 5.41) is 22.7. The summed E-state index contributed by atoms with van der Waals surface area (Å²) in [4.78, 5) is 17.9. The molecular weight excluding hydrogens is 252 g/mol. The minimum absolute atomic E-state index is 0.0359. The van der Waals surface area contributed by atoms with Crippen LogP contribution in [0.15, 0.2) is 6.33 Å². The van der Waals surface area contributed by atoms with Gasteiger partial charge in [0.15, 0.2) is 0 Å². The van der Waals surface area contributed by atoms with E-state index in [4.69, 9.17) is 10.9 Å². The minimum atomic E-state index is -0.589. The summed E-state index contributed by atoms with van der Waals surface area (Å²) in [5.41, 5.74) is 1.89. The Morgan fingerprint density at radius 2 is 2.21 bits per heavy atom. The fourth-order valence-corrected chi connectivity index (χ4v) is 1.54. The summed E-state index contributed by atoms with van der Waals surface area (Å²) in [7, 11) is 0. The Labute approximate surface area is 110 Å². The molecule has 0 aliphatic heterocycles. The first kappa shape index (κ1) is 15.1. The van der Waals surface area contributed by atoms with Crippen LogP contribution in [0.1, 0.15) is 19.8 Å². The van der Waals surface area contributed by atoms with E-state index >= 15 is 0 Å². The molecule has 0 radical (unpaired) electrons. The zero-order valence-corrected chi connectivity index (χ0v) is 10.7. The predicted molar refractivity (Wildman–Crippen MR) is 70.5 cm³/mol. The van der Waals surface area contributed by atoms with Crippen molar-refractivity contribution in [1.82, 2.24) is 9.97 Å². The van der Waals surface area contributed by atoms with Crippen LogP contribution >= 0.6 is 0 Å². The highest BCUT2D eigenvalue weighted by atomic mass is 16.6. The smallest absolute Gasteiger partial charge is 0.354 e. The van der Waals surface area contributed by atoms with Gasteiger partial charge in [-0.15, -0.1) is 0 Å². The molecule has 9 nitrogen and oxygen atoms in total. The van der Waals surface area contributed by atoms with E-state index in [1.165, 1.54) is 6.33 Å². The number of aromatic nitrogens is 2. The lowest BCUT2D eigenvalue weighted by atomic mass is 10.1. The summed E-state index contributed by atoms with van der Waals surface area (Å²) >= 11 is 0. The molecule has 5 N–H and O–H groups in total. The molecule has 0 aliphatic carbocycles. The normalized spacial score (nSPS) is 11.9. The molecule has 0 spiro atoms. The number of aliphatic hydroxyl groups is 1. The van der Waals surface area contributed by atoms with E-state index in [-0.39, 0.29) is 29.8 Å². The number of nitro groups is 1. The molecule has 0 aromatic carbocycles. The average Bonchev–Trinajstić information content (AvgIpc) is 2.42. The van der Waals surface area contributed by atoms with E-state index in [2.05, 4.69) is 20.7 Å². The third kappa shape index (κ3) is 4.30. The highest BCUT2D eigenvalue weighted by Gasteiger charge is 2.21. The SMILES string of the molecule is CC(CO)CCCNc1ncnc(NN)c1[N+](=O)[O-]. The molecule has 1 heterocycles. The second kappa shape index (κ2) is 7.44. The summed E-state index contributed by atoms with van der Waals surface area (Å²) < 4.78 is 0. The maximum absolute atomic E-state index is 10.9. The van der Waals surface area contributed by atoms with Crippen molar-refractivity contribution < 1.29 is 10.0 Å². The maximum atomic E-state index is 10.9. The Morgan fingerprint density at radius 3 is 2.79 bits per heavy atom. The molecule has 1 rings (SSSR count). The molecule has 19 heavy (non-hydrogen) atoms. The zero-order valence-electron chi connectivity index (χ0n) is 10.7. The van der Waals surface area contributed by atoms with Crippen molar-refractivity contribution in [2.45, 2.75) is 19.8 Å². The highest BCUT2D eigenvalue weighted by molar-refractivity contribution is 5.68. The van der Waals surface area contributed by atoms with Gasteiger partial charge in [0.25, 0.3) is 0 Å². The van der Waals surface area contributed by atoms with E-state index in [0.29, 0.717) is 6.54 Å². The number of anilines is 2. The first-order valence-corrected chi connectivity index (χ1v) is 5.90. The van der Waals surface area contributed by atoms with E-state index in [1.807, 2.05) is 6.92 Å². The fourth-order valence-electron chi connectivity index (χ4n) is 1.54. The lowest BCUT2D eigenvalue weighted by Gasteiger charge is -2.09. The predicted octanol–water partition coefficient (Wildman–Crippen LogP) is 0.491. The Balaban J connectivity index is 2.65. The van der Waals surface area contributed by atoms with Crippen LogP contribution < -0.4 is 16.6 Å². The molecule has 0 bridgehead atoms. The van der Waals surface area contributed by atoms with Gasteiger partial charge in [-0.05, 0) is 18.8 Å². The molecular formula is C10H18N6O3. The third-order valence-electron chi connectivity index (χ3n) is 2.62. The number of hydrogen-bond acceptors (Lipinski definition) is 8. The van der Waals surface area contributed by atoms with Crippen LogP contribution in [0.25, 0.3) is 0 Å². The van der Waals surface area contributed by atoms with Gasteiger partial charge in [-0.3, -0.25) is 10.1 Å². The van der Waals surface area contributed by atoms with E-state index in [0.717, 1.165) is 12.8 Å². The quantitative estimate of drug-likeness (QED) is 0.231. The molecule has 0 fully saturated rings. The van der Waals surface area contributed by atoms with E-state index in [1.54, 1.807) is 0 Å². The largest absolute Gasteiger partial charge is 0.396 e. The van der Waals surface area contributed by atoms with E-state index < -0.39 is 4.92 Å². The lowest BCUT2D eigenvalue weighted by Crippen LogP contribution is -2.14. The number of nitrogens with one attached hydrogen (secondary N) is 2.